The van der Waals surface area contributed by atoms with Gasteiger partial charge >= 0.3 is 0 Å². The van der Waals surface area contributed by atoms with Gasteiger partial charge in [-0.1, -0.05) is 41.4 Å². The second-order valence-corrected chi connectivity index (χ2v) is 9.02. The number of methoxy groups -OCH3 is 1. The van der Waals surface area contributed by atoms with Crippen LogP contribution in [-0.4, -0.2) is 37.0 Å². The van der Waals surface area contributed by atoms with E-state index in [0.29, 0.717) is 17.0 Å². The van der Waals surface area contributed by atoms with Gasteiger partial charge in [-0.2, -0.15) is 0 Å². The van der Waals surface area contributed by atoms with Crippen LogP contribution in [0.4, 0.5) is 11.4 Å². The van der Waals surface area contributed by atoms with E-state index in [0.717, 1.165) is 24.3 Å². The molecule has 0 saturated carbocycles. The first-order valence-electron chi connectivity index (χ1n) is 11.9. The van der Waals surface area contributed by atoms with Crippen LogP contribution in [0.2, 0.25) is 5.02 Å². The predicted octanol–water partition coefficient (Wildman–Crippen LogP) is 6.13. The monoisotopic (exact) mass is 504 g/mol. The number of hydrogen-bond donors (Lipinski definition) is 1. The molecule has 0 aliphatic carbocycles. The van der Waals surface area contributed by atoms with Gasteiger partial charge in [0.2, 0.25) is 0 Å². The number of benzene rings is 3. The van der Waals surface area contributed by atoms with Crippen molar-refractivity contribution in [3.05, 3.63) is 94.0 Å². The summed E-state index contributed by atoms with van der Waals surface area (Å²) in [6.07, 6.45) is 0. The van der Waals surface area contributed by atoms with Crippen molar-refractivity contribution < 1.29 is 19.4 Å². The zero-order chi connectivity index (χ0) is 26.0. The molecule has 0 bridgehead atoms. The summed E-state index contributed by atoms with van der Waals surface area (Å²) in [6.45, 7) is 7.83. The first-order valence-corrected chi connectivity index (χ1v) is 12.2. The number of carbonyl (C=O) groups is 2. The minimum Gasteiger partial charge on any atom is -0.507 e. The molecule has 1 atom stereocenters. The Hall–Kier alpha value is -3.77. The first-order chi connectivity index (χ1) is 17.3. The van der Waals surface area contributed by atoms with Gasteiger partial charge in [0.1, 0.15) is 11.5 Å². The minimum atomic E-state index is -0.833. The van der Waals surface area contributed by atoms with Crippen LogP contribution >= 0.6 is 11.6 Å². The predicted molar refractivity (Wildman–Crippen MR) is 144 cm³/mol. The molecule has 6 nitrogen and oxygen atoms in total. The third-order valence-electron chi connectivity index (χ3n) is 6.52. The SMILES string of the molecule is CCN(CC)c1ccc(C2/C(=C(\O)c3cc(OC)ccc3Cl)C(=O)C(=O)N2c2ccc(C)cc2)cc1. The molecule has 1 unspecified atom stereocenters. The molecule has 1 saturated heterocycles. The number of aliphatic hydroxyl groups excluding tert-OH is 1. The third kappa shape index (κ3) is 4.56. The maximum absolute atomic E-state index is 13.4. The van der Waals surface area contributed by atoms with Crippen molar-refractivity contribution >= 4 is 40.4 Å². The number of anilines is 2. The first kappa shape index (κ1) is 25.3. The molecule has 1 N–H and O–H groups in total. The summed E-state index contributed by atoms with van der Waals surface area (Å²) in [5, 5.41) is 11.6. The lowest BCUT2D eigenvalue weighted by Gasteiger charge is -2.27. The number of rotatable bonds is 7. The Bertz CT molecular complexity index is 1310. The number of nitrogens with zero attached hydrogens (tertiary/aromatic N) is 2. The average molecular weight is 505 g/mol. The van der Waals surface area contributed by atoms with Gasteiger partial charge in [-0.15, -0.1) is 0 Å². The lowest BCUT2D eigenvalue weighted by atomic mass is 9.94. The van der Waals surface area contributed by atoms with Crippen molar-refractivity contribution in [2.24, 2.45) is 0 Å². The van der Waals surface area contributed by atoms with Crippen molar-refractivity contribution in [2.75, 3.05) is 30.0 Å². The number of ether oxygens (including phenoxy) is 1. The van der Waals surface area contributed by atoms with E-state index < -0.39 is 17.7 Å². The molecule has 1 amide bonds. The number of amides is 1. The van der Waals surface area contributed by atoms with Crippen molar-refractivity contribution in [3.8, 4) is 5.75 Å². The Kier molecular flexibility index (Phi) is 7.36. The van der Waals surface area contributed by atoms with Crippen molar-refractivity contribution in [2.45, 2.75) is 26.8 Å². The number of carbonyl (C=O) groups excluding carboxylic acids is 2. The highest BCUT2D eigenvalue weighted by molar-refractivity contribution is 6.52. The van der Waals surface area contributed by atoms with E-state index in [4.69, 9.17) is 16.3 Å². The Labute approximate surface area is 216 Å². The number of aliphatic hydroxyl groups is 1. The standard InChI is InChI=1S/C29H29ClN2O4/c1-5-31(6-2)20-13-9-19(10-14-20)26-25(27(33)23-17-22(36-4)15-16-24(23)30)28(34)29(35)32(26)21-11-7-18(3)8-12-21/h7-17,26,33H,5-6H2,1-4H3/b27-25+. The maximum atomic E-state index is 13.4. The molecular weight excluding hydrogens is 476 g/mol. The molecule has 0 spiro atoms. The molecule has 0 radical (unpaired) electrons. The Morgan fingerprint density at radius 1 is 1.00 bits per heavy atom. The molecule has 1 aliphatic heterocycles. The number of halogens is 1. The number of aryl methyl sites for hydroxylation is 1. The smallest absolute Gasteiger partial charge is 0.300 e. The summed E-state index contributed by atoms with van der Waals surface area (Å²) >= 11 is 6.40. The van der Waals surface area contributed by atoms with E-state index in [1.807, 2.05) is 43.3 Å². The zero-order valence-corrected chi connectivity index (χ0v) is 21.5. The van der Waals surface area contributed by atoms with Gasteiger partial charge in [0.15, 0.2) is 0 Å². The Morgan fingerprint density at radius 2 is 1.64 bits per heavy atom. The van der Waals surface area contributed by atoms with Crippen molar-refractivity contribution in [3.63, 3.8) is 0 Å². The van der Waals surface area contributed by atoms with Gasteiger partial charge in [0.25, 0.3) is 11.7 Å². The number of ketones is 1. The third-order valence-corrected chi connectivity index (χ3v) is 6.85. The fourth-order valence-corrected chi connectivity index (χ4v) is 4.74. The number of Topliss-reactive ketones (excluding diaryl/α,β-unsaturated/α-hetero) is 1. The molecule has 7 heteroatoms. The topological polar surface area (TPSA) is 70.1 Å². The molecule has 36 heavy (non-hydrogen) atoms. The van der Waals surface area contributed by atoms with Gasteiger partial charge in [0.05, 0.1) is 23.7 Å². The highest BCUT2D eigenvalue weighted by Gasteiger charge is 2.47. The normalized spacial score (nSPS) is 16.9. The van der Waals surface area contributed by atoms with Crippen LogP contribution in [0.1, 0.15) is 36.6 Å². The fraction of sp³-hybridized carbons (Fsp3) is 0.241. The second kappa shape index (κ2) is 10.5. The van der Waals surface area contributed by atoms with Gasteiger partial charge in [-0.3, -0.25) is 14.5 Å². The Morgan fingerprint density at radius 3 is 2.22 bits per heavy atom. The average Bonchev–Trinajstić information content (AvgIpc) is 3.16. The molecule has 4 rings (SSSR count). The Balaban J connectivity index is 1.92. The quantitative estimate of drug-likeness (QED) is 0.238. The summed E-state index contributed by atoms with van der Waals surface area (Å²) in [5.74, 6) is -1.36. The van der Waals surface area contributed by atoms with Crippen LogP contribution in [0, 0.1) is 6.92 Å². The summed E-state index contributed by atoms with van der Waals surface area (Å²) < 4.78 is 5.28. The minimum absolute atomic E-state index is 0.0219. The highest BCUT2D eigenvalue weighted by atomic mass is 35.5. The summed E-state index contributed by atoms with van der Waals surface area (Å²) in [4.78, 5) is 30.4. The molecule has 3 aromatic rings. The van der Waals surface area contributed by atoms with Crippen molar-refractivity contribution in [1.29, 1.82) is 0 Å². The van der Waals surface area contributed by atoms with Gasteiger partial charge in [0, 0.05) is 30.0 Å². The number of hydrogen-bond acceptors (Lipinski definition) is 5. The van der Waals surface area contributed by atoms with Crippen LogP contribution in [0.15, 0.2) is 72.3 Å². The zero-order valence-electron chi connectivity index (χ0n) is 20.8. The van der Waals surface area contributed by atoms with Gasteiger partial charge in [-0.05, 0) is 68.8 Å². The molecule has 1 aliphatic rings. The largest absolute Gasteiger partial charge is 0.507 e. The lowest BCUT2D eigenvalue weighted by Crippen LogP contribution is -2.29. The molecule has 1 heterocycles. The fourth-order valence-electron chi connectivity index (χ4n) is 4.53. The van der Waals surface area contributed by atoms with Crippen molar-refractivity contribution in [1.82, 2.24) is 0 Å². The van der Waals surface area contributed by atoms with Gasteiger partial charge in [-0.25, -0.2) is 0 Å². The van der Waals surface area contributed by atoms with Crippen LogP contribution in [-0.2, 0) is 9.59 Å². The summed E-state index contributed by atoms with van der Waals surface area (Å²) in [7, 11) is 1.50. The maximum Gasteiger partial charge on any atom is 0.300 e. The highest BCUT2D eigenvalue weighted by Crippen LogP contribution is 2.43. The van der Waals surface area contributed by atoms with Gasteiger partial charge < -0.3 is 14.7 Å². The van der Waals surface area contributed by atoms with Crippen LogP contribution in [0.25, 0.3) is 5.76 Å². The van der Waals surface area contributed by atoms with E-state index in [-0.39, 0.29) is 21.9 Å². The van der Waals surface area contributed by atoms with Crippen LogP contribution in [0.3, 0.4) is 0 Å². The molecule has 3 aromatic carbocycles. The molecule has 186 valence electrons. The molecular formula is C29H29ClN2O4. The van der Waals surface area contributed by atoms with E-state index in [9.17, 15) is 14.7 Å². The second-order valence-electron chi connectivity index (χ2n) is 8.61. The summed E-state index contributed by atoms with van der Waals surface area (Å²) in [5.41, 5.74) is 3.53. The van der Waals surface area contributed by atoms with E-state index in [1.54, 1.807) is 30.3 Å². The lowest BCUT2D eigenvalue weighted by molar-refractivity contribution is -0.132. The van der Waals surface area contributed by atoms with E-state index in [2.05, 4.69) is 18.7 Å². The van der Waals surface area contributed by atoms with E-state index in [1.165, 1.54) is 12.0 Å². The van der Waals surface area contributed by atoms with Crippen LogP contribution in [0.5, 0.6) is 5.75 Å². The molecule has 1 fully saturated rings. The summed E-state index contributed by atoms with van der Waals surface area (Å²) in [6, 6.07) is 19.1. The molecule has 0 aromatic heterocycles. The van der Waals surface area contributed by atoms with Crippen LogP contribution < -0.4 is 14.5 Å². The van der Waals surface area contributed by atoms with E-state index >= 15 is 0 Å².